The molecule has 28 rings (SSSR count). The molecular formula is C146H114N4. The number of fused-ring (bicyclic) bond motifs is 1. The van der Waals surface area contributed by atoms with Gasteiger partial charge in [-0.3, -0.25) is 19.9 Å². The third-order valence-electron chi connectivity index (χ3n) is 31.1. The van der Waals surface area contributed by atoms with Gasteiger partial charge in [0.25, 0.3) is 0 Å². The Morgan fingerprint density at radius 2 is 0.327 bits per heavy atom. The molecule has 0 unspecified atom stereocenters. The third kappa shape index (κ3) is 17.2. The number of nitrogens with zero attached hydrogens (tertiary/aromatic N) is 4. The minimum absolute atomic E-state index is 0.0716. The standard InChI is InChI=1S/C43H33N.C37H29N.C35H27N.C31H25N/c1-43(2,3)36-24-30-16-18-37-39(32-15-10-20-44-27-32)26-40(38-19-17-31(25-36)41(30)42(37)38)35-22-33(28-11-6-4-7-12-28)21-34(23-35)29-13-8-5-9-14-29;1-37(2,3)30-20-27-15-17-31-33(26-13-11-25(12-14-26)24-8-5-4-6-9-24)22-34(29-10-7-19-38-23-29)32-18-16-28(21-30)35(27)36(31)32;1-35(2,3)28-18-25-12-14-29-31(24-11-10-22-7-4-5-8-23(22)17-24)20-32(27-9-6-16-36-21-27)30-15-13-26(19-28)33(25)34(29)30;1-31(2,3)24-16-21-11-13-25-27(20-8-5-4-6-9-20)18-28(23-10-7-15-32-19-23)26-14-12-22(17-24)29(21)30(25)26/h4-27H,1-3H3;4-23H,1-3H3;4-21H,1-3H3;4-19H,1-3H3. The van der Waals surface area contributed by atoms with Crippen LogP contribution in [0.5, 0.6) is 0 Å². The van der Waals surface area contributed by atoms with E-state index < -0.39 is 0 Å². The average Bonchev–Trinajstić information content (AvgIpc) is 0.727. The van der Waals surface area contributed by atoms with Crippen molar-refractivity contribution in [3.05, 3.63) is 496 Å². The number of rotatable bonds is 11. The summed E-state index contributed by atoms with van der Waals surface area (Å²) in [5.41, 5.74) is 32.6. The van der Waals surface area contributed by atoms with E-state index in [4.69, 9.17) is 0 Å². The number of aromatic nitrogens is 4. The topological polar surface area (TPSA) is 51.6 Å². The van der Waals surface area contributed by atoms with Crippen molar-refractivity contribution in [3.8, 4) is 122 Å². The van der Waals surface area contributed by atoms with Crippen LogP contribution in [0.1, 0.15) is 105 Å². The van der Waals surface area contributed by atoms with Crippen LogP contribution in [0.4, 0.5) is 0 Å². The molecule has 0 saturated heterocycles. The van der Waals surface area contributed by atoms with Gasteiger partial charge in [-0.2, -0.15) is 0 Å². The summed E-state index contributed by atoms with van der Waals surface area (Å²) in [6, 6.07) is 156. The molecule has 0 spiro atoms. The van der Waals surface area contributed by atoms with E-state index in [0.29, 0.717) is 0 Å². The zero-order chi connectivity index (χ0) is 102. The summed E-state index contributed by atoms with van der Waals surface area (Å²) < 4.78 is 0. The van der Waals surface area contributed by atoms with E-state index in [0.717, 1.165) is 22.3 Å². The summed E-state index contributed by atoms with van der Waals surface area (Å²) in [6.07, 6.45) is 15.3. The molecule has 0 aliphatic heterocycles. The van der Waals surface area contributed by atoms with Crippen molar-refractivity contribution in [2.75, 3.05) is 0 Å². The highest BCUT2D eigenvalue weighted by molar-refractivity contribution is 6.33. The summed E-state index contributed by atoms with van der Waals surface area (Å²) in [7, 11) is 0. The van der Waals surface area contributed by atoms with E-state index in [1.807, 2.05) is 73.8 Å². The smallest absolute Gasteiger partial charge is 0.0346 e. The van der Waals surface area contributed by atoms with Gasteiger partial charge in [0.1, 0.15) is 0 Å². The van der Waals surface area contributed by atoms with Gasteiger partial charge in [0.2, 0.25) is 0 Å². The predicted molar refractivity (Wildman–Crippen MR) is 644 cm³/mol. The molecule has 4 heterocycles. The van der Waals surface area contributed by atoms with Gasteiger partial charge in [0.05, 0.1) is 0 Å². The highest BCUT2D eigenvalue weighted by Gasteiger charge is 2.29. The lowest BCUT2D eigenvalue weighted by molar-refractivity contribution is 0.591. The zero-order valence-electron chi connectivity index (χ0n) is 86.8. The van der Waals surface area contributed by atoms with Crippen molar-refractivity contribution < 1.29 is 0 Å². The Labute approximate surface area is 877 Å². The first-order valence-electron chi connectivity index (χ1n) is 52.5. The molecule has 718 valence electrons. The van der Waals surface area contributed by atoms with Crippen LogP contribution in [-0.4, -0.2) is 19.9 Å². The number of hydrogen-bond donors (Lipinski definition) is 0. The second-order valence-electron chi connectivity index (χ2n) is 44.9. The van der Waals surface area contributed by atoms with Crippen molar-refractivity contribution in [2.24, 2.45) is 0 Å². The lowest BCUT2D eigenvalue weighted by Crippen LogP contribution is -2.10. The lowest BCUT2D eigenvalue weighted by atomic mass is 9.81. The van der Waals surface area contributed by atoms with Crippen molar-refractivity contribution in [2.45, 2.75) is 105 Å². The minimum atomic E-state index is 0.0716. The maximum atomic E-state index is 4.52. The highest BCUT2D eigenvalue weighted by atomic mass is 14.6. The summed E-state index contributed by atoms with van der Waals surface area (Å²) >= 11 is 0. The zero-order valence-corrected chi connectivity index (χ0v) is 86.8. The first kappa shape index (κ1) is 93.4. The molecule has 0 radical (unpaired) electrons. The fourth-order valence-electron chi connectivity index (χ4n) is 23.2. The van der Waals surface area contributed by atoms with Gasteiger partial charge in [-0.15, -0.1) is 0 Å². The SMILES string of the molecule is CC(C)(C)c1cc2ccc3c(-c4ccc(-c5ccccc5)cc4)cc(-c4cccnc4)c4ccc(c1)c2c34.CC(C)(C)c1cc2ccc3c(-c4ccccc4)cc(-c4cccnc4)c4ccc(c1)c2c34.CC(C)(C)c1cc2ccc3c(-c4cccnc4)cc(-c4cc(-c5ccccc5)cc(-c5ccccc5)c4)c4ccc(c1)c2c34.CC(C)(C)c1cc2ccc3c(-c4cccnc4)cc(-c4ccc5ccccc5c4)c4ccc(c1)c2c34. The molecular weight excluding hydrogens is 1810 g/mol. The van der Waals surface area contributed by atoms with Gasteiger partial charge < -0.3 is 0 Å². The summed E-state index contributed by atoms with van der Waals surface area (Å²) in [4.78, 5) is 17.8. The molecule has 4 nitrogen and oxygen atoms in total. The molecule has 0 fully saturated rings. The van der Waals surface area contributed by atoms with Crippen LogP contribution < -0.4 is 0 Å². The third-order valence-corrected chi connectivity index (χ3v) is 31.1. The van der Waals surface area contributed by atoms with Gasteiger partial charge in [0, 0.05) is 71.8 Å². The van der Waals surface area contributed by atoms with Crippen LogP contribution in [0.2, 0.25) is 0 Å². The number of hydrogen-bond acceptors (Lipinski definition) is 4. The Morgan fingerprint density at radius 3 is 0.600 bits per heavy atom. The van der Waals surface area contributed by atoms with E-state index >= 15 is 0 Å². The summed E-state index contributed by atoms with van der Waals surface area (Å²) in [5.74, 6) is 0. The van der Waals surface area contributed by atoms with Crippen molar-refractivity contribution in [1.82, 2.24) is 19.9 Å². The van der Waals surface area contributed by atoms with E-state index in [1.165, 1.54) is 262 Å². The van der Waals surface area contributed by atoms with E-state index in [2.05, 4.69) is 503 Å². The van der Waals surface area contributed by atoms with Gasteiger partial charge in [0.15, 0.2) is 0 Å². The van der Waals surface area contributed by atoms with Crippen molar-refractivity contribution in [1.29, 1.82) is 0 Å². The summed E-state index contributed by atoms with van der Waals surface area (Å²) in [5, 5.41) is 34.0. The maximum absolute atomic E-state index is 4.52. The second-order valence-corrected chi connectivity index (χ2v) is 44.9. The Morgan fingerprint density at radius 1 is 0.127 bits per heavy atom. The Kier molecular flexibility index (Phi) is 23.2. The first-order valence-corrected chi connectivity index (χ1v) is 52.5. The van der Waals surface area contributed by atoms with Crippen LogP contribution >= 0.6 is 0 Å². The molecule has 4 heteroatoms. The fourth-order valence-corrected chi connectivity index (χ4v) is 23.2. The fraction of sp³-hybridized carbons (Fsp3) is 0.110. The normalized spacial score (nSPS) is 12.1. The summed E-state index contributed by atoms with van der Waals surface area (Å²) in [6.45, 7) is 27.5. The predicted octanol–water partition coefficient (Wildman–Crippen LogP) is 40.6. The Bertz CT molecular complexity index is 9730. The largest absolute Gasteiger partial charge is 0.264 e. The molecule has 0 aliphatic carbocycles. The molecule has 4 aromatic heterocycles. The molecule has 0 bridgehead atoms. The average molecular weight is 1920 g/mol. The monoisotopic (exact) mass is 1920 g/mol. The van der Waals surface area contributed by atoms with Gasteiger partial charge in [-0.1, -0.05) is 435 Å². The number of benzene rings is 24. The molecule has 28 aromatic rings. The van der Waals surface area contributed by atoms with Crippen molar-refractivity contribution >= 4 is 140 Å². The van der Waals surface area contributed by atoms with E-state index in [9.17, 15) is 0 Å². The lowest BCUT2D eigenvalue weighted by Gasteiger charge is -2.23. The van der Waals surface area contributed by atoms with Gasteiger partial charge in [-0.05, 0) is 357 Å². The van der Waals surface area contributed by atoms with E-state index in [1.54, 1.807) is 0 Å². The quantitative estimate of drug-likeness (QED) is 0.121. The van der Waals surface area contributed by atoms with Crippen LogP contribution in [0, 0.1) is 0 Å². The van der Waals surface area contributed by atoms with Crippen LogP contribution in [0.15, 0.2) is 474 Å². The van der Waals surface area contributed by atoms with Gasteiger partial charge >= 0.3 is 0 Å². The van der Waals surface area contributed by atoms with E-state index in [-0.39, 0.29) is 21.7 Å². The van der Waals surface area contributed by atoms with Crippen LogP contribution in [0.25, 0.3) is 262 Å². The molecule has 0 saturated carbocycles. The minimum Gasteiger partial charge on any atom is -0.264 e. The first-order chi connectivity index (χ1) is 72.9. The second kappa shape index (κ2) is 37.4. The van der Waals surface area contributed by atoms with Crippen molar-refractivity contribution in [3.63, 3.8) is 0 Å². The molecule has 0 amide bonds. The van der Waals surface area contributed by atoms with Gasteiger partial charge in [-0.25, -0.2) is 0 Å². The molecule has 0 N–H and O–H groups in total. The molecule has 24 aromatic carbocycles. The van der Waals surface area contributed by atoms with Crippen LogP contribution in [0.3, 0.4) is 0 Å². The number of pyridine rings is 4. The highest BCUT2D eigenvalue weighted by Crippen LogP contribution is 2.53. The maximum Gasteiger partial charge on any atom is 0.0346 e. The Hall–Kier alpha value is -17.7. The van der Waals surface area contributed by atoms with Crippen LogP contribution in [-0.2, 0) is 21.7 Å². The molecule has 0 atom stereocenters. The molecule has 150 heavy (non-hydrogen) atoms. The molecule has 0 aliphatic rings. The Balaban J connectivity index is 0.000000104.